The van der Waals surface area contributed by atoms with Crippen molar-refractivity contribution in [2.24, 2.45) is 10.9 Å². The van der Waals surface area contributed by atoms with Gasteiger partial charge in [0, 0.05) is 18.0 Å². The Morgan fingerprint density at radius 3 is 2.62 bits per heavy atom. The smallest absolute Gasteiger partial charge is 0.0805 e. The van der Waals surface area contributed by atoms with Crippen molar-refractivity contribution >= 4 is 17.8 Å². The van der Waals surface area contributed by atoms with Crippen LogP contribution < -0.4 is 0 Å². The van der Waals surface area contributed by atoms with E-state index in [-0.39, 0.29) is 5.54 Å². The van der Waals surface area contributed by atoms with Crippen molar-refractivity contribution in [1.29, 1.82) is 0 Å². The molecule has 1 aliphatic rings. The molecular weight excluding hydrogens is 218 g/mol. The van der Waals surface area contributed by atoms with Gasteiger partial charge in [0.2, 0.25) is 0 Å². The van der Waals surface area contributed by atoms with Crippen molar-refractivity contribution in [2.45, 2.75) is 18.9 Å². The number of rotatable bonds is 4. The van der Waals surface area contributed by atoms with Crippen molar-refractivity contribution < 1.29 is 0 Å². The molecule has 0 aromatic heterocycles. The van der Waals surface area contributed by atoms with Gasteiger partial charge in [-0.1, -0.05) is 36.4 Å². The third-order valence-corrected chi connectivity index (χ3v) is 3.58. The lowest BCUT2D eigenvalue weighted by Crippen LogP contribution is -2.32. The lowest BCUT2D eigenvalue weighted by molar-refractivity contribution is 0.398. The molecule has 1 nitrogen and oxygen atoms in total. The van der Waals surface area contributed by atoms with Crippen molar-refractivity contribution in [2.75, 3.05) is 5.88 Å². The molecule has 0 amide bonds. The largest absolute Gasteiger partial charge is 0.282 e. The van der Waals surface area contributed by atoms with Gasteiger partial charge in [0.05, 0.1) is 5.54 Å². The Labute approximate surface area is 102 Å². The molecule has 1 heterocycles. The molecular formula is C14H16ClN. The summed E-state index contributed by atoms with van der Waals surface area (Å²) < 4.78 is 0. The van der Waals surface area contributed by atoms with Gasteiger partial charge in [0.1, 0.15) is 0 Å². The Morgan fingerprint density at radius 2 is 2.06 bits per heavy atom. The summed E-state index contributed by atoms with van der Waals surface area (Å²) in [4.78, 5) is 4.51. The molecule has 0 N–H and O–H groups in total. The number of hydrogen-bond donors (Lipinski definition) is 0. The van der Waals surface area contributed by atoms with E-state index in [1.807, 2.05) is 18.4 Å². The maximum atomic E-state index is 6.08. The molecule has 0 aliphatic carbocycles. The summed E-state index contributed by atoms with van der Waals surface area (Å²) >= 11 is 6.08. The van der Waals surface area contributed by atoms with Crippen LogP contribution in [0.5, 0.6) is 0 Å². The van der Waals surface area contributed by atoms with E-state index in [2.05, 4.69) is 42.3 Å². The van der Waals surface area contributed by atoms with Crippen LogP contribution in [0.15, 0.2) is 47.5 Å². The molecule has 0 saturated carbocycles. The fraction of sp³-hybridized carbons (Fsp3) is 0.357. The van der Waals surface area contributed by atoms with Gasteiger partial charge in [0.15, 0.2) is 0 Å². The highest BCUT2D eigenvalue weighted by atomic mass is 35.5. The lowest BCUT2D eigenvalue weighted by atomic mass is 9.83. The molecule has 2 rings (SSSR count). The second-order valence-corrected chi connectivity index (χ2v) is 4.71. The molecule has 0 fully saturated rings. The van der Waals surface area contributed by atoms with Gasteiger partial charge < -0.3 is 0 Å². The summed E-state index contributed by atoms with van der Waals surface area (Å²) in [7, 11) is 0. The van der Waals surface area contributed by atoms with Crippen LogP contribution in [-0.4, -0.2) is 17.6 Å². The molecule has 0 radical (unpaired) electrons. The normalized spacial score (nSPS) is 24.9. The Hall–Kier alpha value is -1.08. The molecule has 84 valence electrons. The van der Waals surface area contributed by atoms with Crippen LogP contribution in [0.1, 0.15) is 12.5 Å². The molecule has 2 unspecified atom stereocenters. The first-order valence-corrected chi connectivity index (χ1v) is 6.11. The van der Waals surface area contributed by atoms with Crippen LogP contribution in [0.2, 0.25) is 0 Å². The van der Waals surface area contributed by atoms with E-state index < -0.39 is 0 Å². The standard InChI is InChI=1S/C14H16ClN/c1-14(8-5-9-16-14)13(11-15)10-12-6-3-2-4-7-12/h2-9,13H,10-11H2,1H3. The van der Waals surface area contributed by atoms with Crippen LogP contribution in [0.4, 0.5) is 0 Å². The van der Waals surface area contributed by atoms with Crippen LogP contribution in [0.3, 0.4) is 0 Å². The predicted octanol–water partition coefficient (Wildman–Crippen LogP) is 3.48. The summed E-state index contributed by atoms with van der Waals surface area (Å²) in [6, 6.07) is 10.5. The predicted molar refractivity (Wildman–Crippen MR) is 70.4 cm³/mol. The average Bonchev–Trinajstić information content (AvgIpc) is 2.75. The van der Waals surface area contributed by atoms with E-state index in [0.717, 1.165) is 6.42 Å². The van der Waals surface area contributed by atoms with Gasteiger partial charge in [0.25, 0.3) is 0 Å². The van der Waals surface area contributed by atoms with E-state index in [1.165, 1.54) is 5.56 Å². The van der Waals surface area contributed by atoms with Gasteiger partial charge in [-0.05, 0) is 25.0 Å². The van der Waals surface area contributed by atoms with Crippen molar-refractivity contribution in [3.63, 3.8) is 0 Å². The fourth-order valence-corrected chi connectivity index (χ4v) is 2.46. The minimum Gasteiger partial charge on any atom is -0.282 e. The van der Waals surface area contributed by atoms with E-state index >= 15 is 0 Å². The van der Waals surface area contributed by atoms with Crippen LogP contribution in [0, 0.1) is 5.92 Å². The third kappa shape index (κ3) is 2.35. The zero-order chi connectivity index (χ0) is 11.4. The number of nitrogens with zero attached hydrogens (tertiary/aromatic N) is 1. The molecule has 0 bridgehead atoms. The average molecular weight is 234 g/mol. The first-order chi connectivity index (χ1) is 7.74. The molecule has 1 aromatic carbocycles. The molecule has 16 heavy (non-hydrogen) atoms. The minimum absolute atomic E-state index is 0.127. The van der Waals surface area contributed by atoms with Crippen LogP contribution in [-0.2, 0) is 6.42 Å². The summed E-state index contributed by atoms with van der Waals surface area (Å²) in [5, 5.41) is 0. The summed E-state index contributed by atoms with van der Waals surface area (Å²) in [6.07, 6.45) is 6.99. The summed E-state index contributed by atoms with van der Waals surface area (Å²) in [6.45, 7) is 2.14. The highest BCUT2D eigenvalue weighted by molar-refractivity contribution is 6.18. The second-order valence-electron chi connectivity index (χ2n) is 4.40. The maximum absolute atomic E-state index is 6.08. The van der Waals surface area contributed by atoms with Crippen molar-refractivity contribution in [3.05, 3.63) is 48.0 Å². The molecule has 0 spiro atoms. The van der Waals surface area contributed by atoms with Gasteiger partial charge in [-0.15, -0.1) is 11.6 Å². The number of aliphatic imine (C=N–C) groups is 1. The fourth-order valence-electron chi connectivity index (χ4n) is 2.04. The molecule has 2 heteroatoms. The van der Waals surface area contributed by atoms with E-state index in [0.29, 0.717) is 11.8 Å². The lowest BCUT2D eigenvalue weighted by Gasteiger charge is -2.28. The Kier molecular flexibility index (Phi) is 3.45. The topological polar surface area (TPSA) is 12.4 Å². The number of hydrogen-bond acceptors (Lipinski definition) is 1. The number of benzene rings is 1. The van der Waals surface area contributed by atoms with Gasteiger partial charge in [-0.25, -0.2) is 0 Å². The molecule has 2 atom stereocenters. The first kappa shape index (κ1) is 11.4. The zero-order valence-electron chi connectivity index (χ0n) is 9.44. The monoisotopic (exact) mass is 233 g/mol. The van der Waals surface area contributed by atoms with E-state index in [4.69, 9.17) is 11.6 Å². The van der Waals surface area contributed by atoms with Gasteiger partial charge in [-0.2, -0.15) is 0 Å². The van der Waals surface area contributed by atoms with Crippen molar-refractivity contribution in [3.8, 4) is 0 Å². The number of allylic oxidation sites excluding steroid dienone is 1. The number of alkyl halides is 1. The maximum Gasteiger partial charge on any atom is 0.0805 e. The first-order valence-electron chi connectivity index (χ1n) is 5.57. The molecule has 1 aromatic rings. The second kappa shape index (κ2) is 4.84. The van der Waals surface area contributed by atoms with Crippen LogP contribution in [0.25, 0.3) is 0 Å². The minimum atomic E-state index is -0.127. The molecule has 0 saturated heterocycles. The van der Waals surface area contributed by atoms with Gasteiger partial charge >= 0.3 is 0 Å². The Morgan fingerprint density at radius 1 is 1.31 bits per heavy atom. The third-order valence-electron chi connectivity index (χ3n) is 3.21. The van der Waals surface area contributed by atoms with E-state index in [9.17, 15) is 0 Å². The quantitative estimate of drug-likeness (QED) is 0.706. The highest BCUT2D eigenvalue weighted by Gasteiger charge is 2.31. The highest BCUT2D eigenvalue weighted by Crippen LogP contribution is 2.30. The van der Waals surface area contributed by atoms with Gasteiger partial charge in [-0.3, -0.25) is 4.99 Å². The zero-order valence-corrected chi connectivity index (χ0v) is 10.2. The van der Waals surface area contributed by atoms with Crippen molar-refractivity contribution in [1.82, 2.24) is 0 Å². The van der Waals surface area contributed by atoms with E-state index in [1.54, 1.807) is 0 Å². The Bertz CT molecular complexity index is 382. The SMILES string of the molecule is CC1(C(CCl)Cc2ccccc2)C=CC=N1. The summed E-state index contributed by atoms with van der Waals surface area (Å²) in [5.41, 5.74) is 1.20. The summed E-state index contributed by atoms with van der Waals surface area (Å²) in [5.74, 6) is 0.985. The van der Waals surface area contributed by atoms with Crippen LogP contribution >= 0.6 is 11.6 Å². The molecule has 1 aliphatic heterocycles. The number of halogens is 1. The Balaban J connectivity index is 2.13.